The lowest BCUT2D eigenvalue weighted by Crippen LogP contribution is -2.40. The highest BCUT2D eigenvalue weighted by Gasteiger charge is 2.23. The summed E-state index contributed by atoms with van der Waals surface area (Å²) in [7, 11) is 1.70. The van der Waals surface area contributed by atoms with Gasteiger partial charge in [0.15, 0.2) is 0 Å². The van der Waals surface area contributed by atoms with E-state index in [1.165, 1.54) is 24.8 Å². The van der Waals surface area contributed by atoms with E-state index in [9.17, 15) is 0 Å². The Morgan fingerprint density at radius 1 is 1.29 bits per heavy atom. The molecule has 0 spiro atoms. The van der Waals surface area contributed by atoms with E-state index in [2.05, 4.69) is 61.1 Å². The maximum Gasteiger partial charge on any atom is 0.133 e. The van der Waals surface area contributed by atoms with Crippen LogP contribution in [0.3, 0.4) is 0 Å². The van der Waals surface area contributed by atoms with Gasteiger partial charge in [-0.2, -0.15) is 0 Å². The molecule has 0 saturated heterocycles. The molecule has 21 heavy (non-hydrogen) atoms. The van der Waals surface area contributed by atoms with Crippen molar-refractivity contribution in [2.45, 2.75) is 59.4 Å². The van der Waals surface area contributed by atoms with Crippen molar-refractivity contribution in [3.8, 4) is 5.75 Å². The average molecular weight is 356 g/mol. The van der Waals surface area contributed by atoms with Gasteiger partial charge in [-0.1, -0.05) is 33.8 Å². The van der Waals surface area contributed by atoms with Crippen LogP contribution in [0.1, 0.15) is 52.5 Å². The summed E-state index contributed by atoms with van der Waals surface area (Å²) in [4.78, 5) is 0. The molecule has 1 unspecified atom stereocenters. The van der Waals surface area contributed by atoms with Crippen LogP contribution in [0.2, 0.25) is 0 Å². The maximum absolute atomic E-state index is 5.27. The van der Waals surface area contributed by atoms with Gasteiger partial charge >= 0.3 is 0 Å². The van der Waals surface area contributed by atoms with Gasteiger partial charge in [-0.25, -0.2) is 0 Å². The van der Waals surface area contributed by atoms with E-state index in [0.29, 0.717) is 11.5 Å². The van der Waals surface area contributed by atoms with E-state index in [-0.39, 0.29) is 0 Å². The number of benzene rings is 1. The van der Waals surface area contributed by atoms with Gasteiger partial charge in [-0.3, -0.25) is 0 Å². The molecule has 0 saturated carbocycles. The maximum atomic E-state index is 5.27. The van der Waals surface area contributed by atoms with Crippen molar-refractivity contribution in [3.63, 3.8) is 0 Å². The smallest absolute Gasteiger partial charge is 0.133 e. The second-order valence-electron chi connectivity index (χ2n) is 6.73. The summed E-state index contributed by atoms with van der Waals surface area (Å²) in [5.41, 5.74) is 1.68. The molecule has 0 aliphatic carbocycles. The van der Waals surface area contributed by atoms with E-state index in [1.807, 2.05) is 6.07 Å². The largest absolute Gasteiger partial charge is 0.496 e. The lowest BCUT2D eigenvalue weighted by Gasteiger charge is -2.32. The molecule has 1 aromatic carbocycles. The summed E-state index contributed by atoms with van der Waals surface area (Å²) in [6.45, 7) is 10.3. The molecule has 2 nitrogen and oxygen atoms in total. The van der Waals surface area contributed by atoms with Gasteiger partial charge in [0.05, 0.1) is 11.6 Å². The van der Waals surface area contributed by atoms with Gasteiger partial charge in [-0.05, 0) is 71.3 Å². The summed E-state index contributed by atoms with van der Waals surface area (Å²) in [5.74, 6) is 0.899. The number of hydrogen-bond acceptors (Lipinski definition) is 2. The predicted octanol–water partition coefficient (Wildman–Crippen LogP) is 5.19. The molecular formula is C18H30BrNO. The first-order valence-electron chi connectivity index (χ1n) is 7.94. The SMILES string of the molecule is CCCNC(CCCc1ccc(OC)c(Br)c1)C(C)(C)C. The van der Waals surface area contributed by atoms with Crippen LogP contribution in [0, 0.1) is 5.41 Å². The number of nitrogens with one attached hydrogen (secondary N) is 1. The summed E-state index contributed by atoms with van der Waals surface area (Å²) < 4.78 is 6.32. The zero-order valence-electron chi connectivity index (χ0n) is 14.1. The molecule has 0 bridgehead atoms. The van der Waals surface area contributed by atoms with Crippen molar-refractivity contribution in [2.75, 3.05) is 13.7 Å². The fourth-order valence-electron chi connectivity index (χ4n) is 2.54. The van der Waals surface area contributed by atoms with Crippen molar-refractivity contribution < 1.29 is 4.74 Å². The second kappa shape index (κ2) is 8.79. The molecule has 0 aromatic heterocycles. The summed E-state index contributed by atoms with van der Waals surface area (Å²) in [5, 5.41) is 3.70. The second-order valence-corrected chi connectivity index (χ2v) is 7.59. The first-order chi connectivity index (χ1) is 9.88. The van der Waals surface area contributed by atoms with Crippen molar-refractivity contribution in [3.05, 3.63) is 28.2 Å². The van der Waals surface area contributed by atoms with Gasteiger partial charge in [0.2, 0.25) is 0 Å². The summed E-state index contributed by atoms with van der Waals surface area (Å²) in [6, 6.07) is 6.95. The number of methoxy groups -OCH3 is 1. The Morgan fingerprint density at radius 2 is 2.00 bits per heavy atom. The Balaban J connectivity index is 2.51. The minimum absolute atomic E-state index is 0.315. The predicted molar refractivity (Wildman–Crippen MR) is 95.2 cm³/mol. The lowest BCUT2D eigenvalue weighted by molar-refractivity contribution is 0.251. The van der Waals surface area contributed by atoms with E-state index in [1.54, 1.807) is 7.11 Å². The van der Waals surface area contributed by atoms with E-state index in [0.717, 1.165) is 23.2 Å². The third-order valence-electron chi connectivity index (χ3n) is 3.86. The number of ether oxygens (including phenoxy) is 1. The molecule has 0 aliphatic rings. The topological polar surface area (TPSA) is 21.3 Å². The highest BCUT2D eigenvalue weighted by atomic mass is 79.9. The standard InChI is InChI=1S/C18H30BrNO/c1-6-12-20-17(18(2,3)4)9-7-8-14-10-11-16(21-5)15(19)13-14/h10-11,13,17,20H,6-9,12H2,1-5H3. The first kappa shape index (κ1) is 18.5. The van der Waals surface area contributed by atoms with Crippen molar-refractivity contribution in [2.24, 2.45) is 5.41 Å². The molecule has 1 N–H and O–H groups in total. The molecule has 0 amide bonds. The van der Waals surface area contributed by atoms with Crippen LogP contribution in [-0.2, 0) is 6.42 Å². The van der Waals surface area contributed by atoms with Gasteiger partial charge in [0.1, 0.15) is 5.75 Å². The minimum atomic E-state index is 0.315. The average Bonchev–Trinajstić information content (AvgIpc) is 2.41. The van der Waals surface area contributed by atoms with Crippen LogP contribution in [0.4, 0.5) is 0 Å². The van der Waals surface area contributed by atoms with Crippen LogP contribution in [0.15, 0.2) is 22.7 Å². The quantitative estimate of drug-likeness (QED) is 0.692. The molecular weight excluding hydrogens is 326 g/mol. The van der Waals surface area contributed by atoms with Crippen LogP contribution in [0.5, 0.6) is 5.75 Å². The molecule has 1 rings (SSSR count). The fourth-order valence-corrected chi connectivity index (χ4v) is 3.12. The van der Waals surface area contributed by atoms with E-state index >= 15 is 0 Å². The molecule has 0 fully saturated rings. The highest BCUT2D eigenvalue weighted by Crippen LogP contribution is 2.27. The van der Waals surface area contributed by atoms with Crippen molar-refractivity contribution in [1.82, 2.24) is 5.32 Å². The third kappa shape index (κ3) is 6.39. The molecule has 1 aromatic rings. The Kier molecular flexibility index (Phi) is 7.75. The Morgan fingerprint density at radius 3 is 2.52 bits per heavy atom. The molecule has 0 heterocycles. The van der Waals surface area contributed by atoms with Crippen LogP contribution >= 0.6 is 15.9 Å². The molecule has 3 heteroatoms. The normalized spacial score (nSPS) is 13.2. The number of hydrogen-bond donors (Lipinski definition) is 1. The summed E-state index contributed by atoms with van der Waals surface area (Å²) in [6.07, 6.45) is 4.73. The zero-order valence-corrected chi connectivity index (χ0v) is 15.7. The Bertz CT molecular complexity index is 426. The molecule has 1 atom stereocenters. The van der Waals surface area contributed by atoms with E-state index in [4.69, 9.17) is 4.74 Å². The lowest BCUT2D eigenvalue weighted by atomic mass is 9.83. The van der Waals surface area contributed by atoms with E-state index < -0.39 is 0 Å². The number of rotatable bonds is 8. The monoisotopic (exact) mass is 355 g/mol. The molecule has 0 radical (unpaired) electrons. The highest BCUT2D eigenvalue weighted by molar-refractivity contribution is 9.10. The van der Waals surface area contributed by atoms with Crippen LogP contribution in [-0.4, -0.2) is 19.7 Å². The van der Waals surface area contributed by atoms with Gasteiger partial charge < -0.3 is 10.1 Å². The van der Waals surface area contributed by atoms with Crippen molar-refractivity contribution >= 4 is 15.9 Å². The fraction of sp³-hybridized carbons (Fsp3) is 0.667. The van der Waals surface area contributed by atoms with Gasteiger partial charge in [-0.15, -0.1) is 0 Å². The zero-order chi connectivity index (χ0) is 15.9. The number of halogens is 1. The van der Waals surface area contributed by atoms with Crippen LogP contribution in [0.25, 0.3) is 0 Å². The minimum Gasteiger partial charge on any atom is -0.496 e. The van der Waals surface area contributed by atoms with Gasteiger partial charge in [0, 0.05) is 6.04 Å². The van der Waals surface area contributed by atoms with Gasteiger partial charge in [0.25, 0.3) is 0 Å². The Labute approximate surface area is 138 Å². The number of aryl methyl sites for hydroxylation is 1. The van der Waals surface area contributed by atoms with Crippen molar-refractivity contribution in [1.29, 1.82) is 0 Å². The van der Waals surface area contributed by atoms with Crippen LogP contribution < -0.4 is 10.1 Å². The molecule has 120 valence electrons. The Hall–Kier alpha value is -0.540. The third-order valence-corrected chi connectivity index (χ3v) is 4.48. The summed E-state index contributed by atoms with van der Waals surface area (Å²) >= 11 is 3.56. The first-order valence-corrected chi connectivity index (χ1v) is 8.73. The molecule has 0 aliphatic heterocycles.